The Kier molecular flexibility index (Phi) is 4.11. The van der Waals surface area contributed by atoms with Gasteiger partial charge in [-0.05, 0) is 54.6 Å². The quantitative estimate of drug-likeness (QED) is 0.736. The second-order valence-corrected chi connectivity index (χ2v) is 6.92. The summed E-state index contributed by atoms with van der Waals surface area (Å²) in [6.45, 7) is 0. The van der Waals surface area contributed by atoms with Gasteiger partial charge in [-0.15, -0.1) is 11.3 Å². The first kappa shape index (κ1) is 15.7. The van der Waals surface area contributed by atoms with E-state index in [2.05, 4.69) is 10.6 Å². The van der Waals surface area contributed by atoms with Gasteiger partial charge in [0.2, 0.25) is 0 Å². The number of rotatable bonds is 5. The van der Waals surface area contributed by atoms with Gasteiger partial charge in [0.15, 0.2) is 0 Å². The van der Waals surface area contributed by atoms with Crippen LogP contribution < -0.4 is 10.6 Å². The van der Waals surface area contributed by atoms with Crippen molar-refractivity contribution >= 4 is 28.8 Å². The lowest BCUT2D eigenvalue weighted by molar-refractivity contribution is 0.0949. The van der Waals surface area contributed by atoms with Crippen molar-refractivity contribution in [1.29, 1.82) is 0 Å². The zero-order chi connectivity index (χ0) is 17.2. The lowest BCUT2D eigenvalue weighted by Gasteiger charge is -2.09. The second kappa shape index (κ2) is 6.57. The van der Waals surface area contributed by atoms with Crippen molar-refractivity contribution in [2.75, 3.05) is 5.32 Å². The molecule has 3 aromatic rings. The van der Waals surface area contributed by atoms with Crippen molar-refractivity contribution < 1.29 is 9.59 Å². The second-order valence-electron chi connectivity index (χ2n) is 6.01. The van der Waals surface area contributed by atoms with Crippen LogP contribution in [0.3, 0.4) is 0 Å². The highest BCUT2D eigenvalue weighted by Crippen LogP contribution is 2.23. The number of amides is 2. The molecule has 4 rings (SSSR count). The maximum Gasteiger partial charge on any atom is 0.267 e. The van der Waals surface area contributed by atoms with Crippen LogP contribution in [0.5, 0.6) is 0 Å². The fourth-order valence-electron chi connectivity index (χ4n) is 2.59. The van der Waals surface area contributed by atoms with Crippen molar-refractivity contribution in [2.45, 2.75) is 18.9 Å². The van der Waals surface area contributed by atoms with Crippen LogP contribution in [0.15, 0.2) is 60.2 Å². The summed E-state index contributed by atoms with van der Waals surface area (Å²) in [5.41, 5.74) is 2.01. The van der Waals surface area contributed by atoms with Gasteiger partial charge in [0, 0.05) is 29.7 Å². The first-order valence-electron chi connectivity index (χ1n) is 8.14. The number of carbonyl (C=O) groups excluding carboxylic acids is 2. The molecule has 0 aliphatic heterocycles. The minimum absolute atomic E-state index is 0.0947. The third-order valence-corrected chi connectivity index (χ3v) is 4.93. The Bertz CT molecular complexity index is 910. The van der Waals surface area contributed by atoms with Gasteiger partial charge in [0.1, 0.15) is 4.88 Å². The van der Waals surface area contributed by atoms with Gasteiger partial charge in [0.25, 0.3) is 11.8 Å². The molecule has 126 valence electrons. The lowest BCUT2D eigenvalue weighted by Crippen LogP contribution is -2.25. The Hall–Kier alpha value is -2.86. The van der Waals surface area contributed by atoms with Gasteiger partial charge in [-0.25, -0.2) is 0 Å². The SMILES string of the molecule is O=C(NC1CC1)c1cccc(NC(=O)c2sccc2-n2cccc2)c1. The number of carbonyl (C=O) groups is 2. The van der Waals surface area contributed by atoms with E-state index < -0.39 is 0 Å². The molecule has 2 amide bonds. The van der Waals surface area contributed by atoms with Crippen LogP contribution in [0.4, 0.5) is 5.69 Å². The normalized spacial score (nSPS) is 13.4. The molecule has 6 heteroatoms. The number of hydrogen-bond donors (Lipinski definition) is 2. The number of nitrogens with zero attached hydrogens (tertiary/aromatic N) is 1. The van der Waals surface area contributed by atoms with E-state index in [0.717, 1.165) is 18.5 Å². The third kappa shape index (κ3) is 3.49. The molecule has 2 N–H and O–H groups in total. The molecule has 1 fully saturated rings. The molecule has 0 bridgehead atoms. The van der Waals surface area contributed by atoms with E-state index >= 15 is 0 Å². The van der Waals surface area contributed by atoms with Crippen LogP contribution >= 0.6 is 11.3 Å². The Morgan fingerprint density at radius 3 is 2.60 bits per heavy atom. The molecule has 0 radical (unpaired) electrons. The van der Waals surface area contributed by atoms with E-state index in [0.29, 0.717) is 22.2 Å². The average Bonchev–Trinajstić information content (AvgIpc) is 3.09. The first-order chi connectivity index (χ1) is 12.2. The summed E-state index contributed by atoms with van der Waals surface area (Å²) in [4.78, 5) is 25.4. The maximum atomic E-state index is 12.6. The Morgan fingerprint density at radius 2 is 1.84 bits per heavy atom. The van der Waals surface area contributed by atoms with Crippen LogP contribution in [0.1, 0.15) is 32.9 Å². The smallest absolute Gasteiger partial charge is 0.267 e. The highest BCUT2D eigenvalue weighted by Gasteiger charge is 2.24. The topological polar surface area (TPSA) is 63.1 Å². The molecular formula is C19H17N3O2S. The summed E-state index contributed by atoms with van der Waals surface area (Å²) >= 11 is 1.39. The molecule has 1 aliphatic carbocycles. The highest BCUT2D eigenvalue weighted by atomic mass is 32.1. The third-order valence-electron chi connectivity index (χ3n) is 4.03. The molecule has 2 heterocycles. The fraction of sp³-hybridized carbons (Fsp3) is 0.158. The lowest BCUT2D eigenvalue weighted by atomic mass is 10.2. The van der Waals surface area contributed by atoms with E-state index in [1.807, 2.05) is 40.5 Å². The van der Waals surface area contributed by atoms with Gasteiger partial charge in [-0.2, -0.15) is 0 Å². The van der Waals surface area contributed by atoms with E-state index in [1.165, 1.54) is 11.3 Å². The number of thiophene rings is 1. The minimum atomic E-state index is -0.182. The van der Waals surface area contributed by atoms with Crippen LogP contribution in [0.25, 0.3) is 5.69 Å². The van der Waals surface area contributed by atoms with E-state index in [-0.39, 0.29) is 11.8 Å². The molecule has 0 saturated heterocycles. The van der Waals surface area contributed by atoms with Gasteiger partial charge in [-0.1, -0.05) is 6.07 Å². The molecule has 25 heavy (non-hydrogen) atoms. The van der Waals surface area contributed by atoms with Gasteiger partial charge >= 0.3 is 0 Å². The van der Waals surface area contributed by atoms with Crippen molar-refractivity contribution in [2.24, 2.45) is 0 Å². The molecule has 0 unspecified atom stereocenters. The Labute approximate surface area is 149 Å². The number of benzene rings is 1. The summed E-state index contributed by atoms with van der Waals surface area (Å²) in [5.74, 6) is -0.277. The van der Waals surface area contributed by atoms with Crippen molar-refractivity contribution in [3.05, 3.63) is 70.7 Å². The number of nitrogens with one attached hydrogen (secondary N) is 2. The Balaban J connectivity index is 1.51. The van der Waals surface area contributed by atoms with Gasteiger partial charge in [0.05, 0.1) is 5.69 Å². The summed E-state index contributed by atoms with van der Waals surface area (Å²) in [6.07, 6.45) is 5.90. The summed E-state index contributed by atoms with van der Waals surface area (Å²) in [7, 11) is 0. The monoisotopic (exact) mass is 351 g/mol. The molecule has 0 atom stereocenters. The number of aromatic nitrogens is 1. The maximum absolute atomic E-state index is 12.6. The summed E-state index contributed by atoms with van der Waals surface area (Å²) in [6, 6.07) is 13.1. The van der Waals surface area contributed by atoms with Gasteiger partial charge < -0.3 is 15.2 Å². The molecule has 5 nitrogen and oxygen atoms in total. The zero-order valence-electron chi connectivity index (χ0n) is 13.4. The van der Waals surface area contributed by atoms with Crippen molar-refractivity contribution in [3.8, 4) is 5.69 Å². The summed E-state index contributed by atoms with van der Waals surface area (Å²) < 4.78 is 1.91. The number of anilines is 1. The Morgan fingerprint density at radius 1 is 1.04 bits per heavy atom. The van der Waals surface area contributed by atoms with Crippen molar-refractivity contribution in [1.82, 2.24) is 9.88 Å². The molecule has 0 spiro atoms. The van der Waals surface area contributed by atoms with Crippen LogP contribution in [0.2, 0.25) is 0 Å². The highest BCUT2D eigenvalue weighted by molar-refractivity contribution is 7.12. The molecule has 1 aromatic carbocycles. The molecular weight excluding hydrogens is 334 g/mol. The summed E-state index contributed by atoms with van der Waals surface area (Å²) in [5, 5.41) is 7.73. The van der Waals surface area contributed by atoms with E-state index in [1.54, 1.807) is 24.3 Å². The average molecular weight is 351 g/mol. The predicted molar refractivity (Wildman–Crippen MR) is 98.5 cm³/mol. The molecule has 1 saturated carbocycles. The number of hydrogen-bond acceptors (Lipinski definition) is 3. The minimum Gasteiger partial charge on any atom is -0.349 e. The zero-order valence-corrected chi connectivity index (χ0v) is 14.3. The first-order valence-corrected chi connectivity index (χ1v) is 9.02. The predicted octanol–water partition coefficient (Wildman–Crippen LogP) is 3.68. The largest absolute Gasteiger partial charge is 0.349 e. The van der Waals surface area contributed by atoms with Crippen LogP contribution in [-0.2, 0) is 0 Å². The van der Waals surface area contributed by atoms with Crippen molar-refractivity contribution in [3.63, 3.8) is 0 Å². The molecule has 1 aliphatic rings. The molecule has 2 aromatic heterocycles. The van der Waals surface area contributed by atoms with Crippen LogP contribution in [-0.4, -0.2) is 22.4 Å². The van der Waals surface area contributed by atoms with Gasteiger partial charge in [-0.3, -0.25) is 9.59 Å². The standard InChI is InChI=1S/C19H17N3O2S/c23-18(20-14-6-7-14)13-4-3-5-15(12-13)21-19(24)17-16(8-11-25-17)22-9-1-2-10-22/h1-5,8-12,14H,6-7H2,(H,20,23)(H,21,24). The van der Waals surface area contributed by atoms with Crippen LogP contribution in [0, 0.1) is 0 Å². The fourth-order valence-corrected chi connectivity index (χ4v) is 3.38. The van der Waals surface area contributed by atoms with E-state index in [4.69, 9.17) is 0 Å². The van der Waals surface area contributed by atoms with E-state index in [9.17, 15) is 9.59 Å².